The van der Waals surface area contributed by atoms with Gasteiger partial charge in [-0.3, -0.25) is 25.4 Å². The molecule has 0 fully saturated rings. The number of rotatable bonds is 5. The van der Waals surface area contributed by atoms with Gasteiger partial charge in [0.05, 0.1) is 11.4 Å². The molecule has 1 aromatic carbocycles. The van der Waals surface area contributed by atoms with Crippen LogP contribution in [0, 0.1) is 0 Å². The largest absolute Gasteiger partial charge is 0.299 e. The van der Waals surface area contributed by atoms with Gasteiger partial charge in [-0.2, -0.15) is 5.10 Å². The van der Waals surface area contributed by atoms with Gasteiger partial charge in [0.1, 0.15) is 6.20 Å². The van der Waals surface area contributed by atoms with E-state index < -0.39 is 0 Å². The fourth-order valence-corrected chi connectivity index (χ4v) is 1.81. The van der Waals surface area contributed by atoms with Crippen molar-refractivity contribution in [3.05, 3.63) is 46.9 Å². The molecule has 0 spiro atoms. The number of aromatic nitrogens is 3. The average molecular weight is 277 g/mol. The van der Waals surface area contributed by atoms with Crippen LogP contribution >= 0.6 is 11.8 Å². The van der Waals surface area contributed by atoms with Crippen LogP contribution in [0.5, 0.6) is 0 Å². The van der Waals surface area contributed by atoms with Crippen molar-refractivity contribution in [3.63, 3.8) is 0 Å². The lowest BCUT2D eigenvalue weighted by Gasteiger charge is -2.07. The number of aromatic amines is 1. The Kier molecular flexibility index (Phi) is 4.51. The number of nitrogens with zero attached hydrogens (tertiary/aromatic N) is 2. The first-order valence-corrected chi connectivity index (χ1v) is 6.37. The molecule has 0 radical (unpaired) electrons. The molecule has 2 aromatic rings. The number of carbonyl (C=O) groups is 1. The second kappa shape index (κ2) is 6.55. The molecule has 8 heteroatoms. The van der Waals surface area contributed by atoms with Crippen LogP contribution in [0.4, 0.5) is 5.69 Å². The van der Waals surface area contributed by atoms with Crippen LogP contribution in [-0.2, 0) is 4.79 Å². The summed E-state index contributed by atoms with van der Waals surface area (Å²) in [5.74, 6) is -0.116. The zero-order chi connectivity index (χ0) is 13.5. The van der Waals surface area contributed by atoms with E-state index in [1.807, 2.05) is 30.3 Å². The van der Waals surface area contributed by atoms with E-state index >= 15 is 0 Å². The van der Waals surface area contributed by atoms with E-state index in [0.717, 1.165) is 23.6 Å². The van der Waals surface area contributed by atoms with E-state index in [4.69, 9.17) is 0 Å². The fourth-order valence-electron chi connectivity index (χ4n) is 1.19. The van der Waals surface area contributed by atoms with Crippen molar-refractivity contribution in [2.45, 2.75) is 5.16 Å². The Hall–Kier alpha value is -2.35. The molecule has 98 valence electrons. The molecule has 0 bridgehead atoms. The molecule has 2 rings (SSSR count). The molecular formula is C11H11N5O2S. The summed E-state index contributed by atoms with van der Waals surface area (Å²) in [6.07, 6.45) is 1.07. The van der Waals surface area contributed by atoms with Gasteiger partial charge in [-0.25, -0.2) is 0 Å². The summed E-state index contributed by atoms with van der Waals surface area (Å²) in [5.41, 5.74) is 5.74. The van der Waals surface area contributed by atoms with E-state index in [2.05, 4.69) is 26.0 Å². The standard InChI is InChI=1S/C11H11N5O2S/c17-9-6-12-16-11(13-9)19-7-10(18)15-14-8-4-2-1-3-5-8/h1-6,14H,7H2,(H,15,18)(H,13,16,17). The Labute approximate surface area is 112 Å². The highest BCUT2D eigenvalue weighted by Crippen LogP contribution is 2.08. The first-order chi connectivity index (χ1) is 9.24. The van der Waals surface area contributed by atoms with Gasteiger partial charge in [0.25, 0.3) is 5.56 Å². The number of anilines is 1. The minimum atomic E-state index is -0.347. The van der Waals surface area contributed by atoms with Crippen molar-refractivity contribution in [3.8, 4) is 0 Å². The van der Waals surface area contributed by atoms with Crippen LogP contribution in [0.15, 0.2) is 46.5 Å². The van der Waals surface area contributed by atoms with E-state index in [1.54, 1.807) is 0 Å². The third kappa shape index (κ3) is 4.43. The van der Waals surface area contributed by atoms with Crippen LogP contribution in [0.25, 0.3) is 0 Å². The van der Waals surface area contributed by atoms with Crippen molar-refractivity contribution in [2.24, 2.45) is 0 Å². The molecule has 1 aromatic heterocycles. The summed E-state index contributed by atoms with van der Waals surface area (Å²) in [5, 5.41) is 7.49. The zero-order valence-electron chi connectivity index (χ0n) is 9.79. The van der Waals surface area contributed by atoms with Crippen molar-refractivity contribution in [1.82, 2.24) is 20.6 Å². The minimum absolute atomic E-state index is 0.120. The summed E-state index contributed by atoms with van der Waals surface area (Å²) in [6, 6.07) is 9.25. The first-order valence-electron chi connectivity index (χ1n) is 5.39. The Balaban J connectivity index is 1.77. The number of benzene rings is 1. The molecule has 0 saturated carbocycles. The van der Waals surface area contributed by atoms with Crippen LogP contribution in [-0.4, -0.2) is 26.8 Å². The lowest BCUT2D eigenvalue weighted by Crippen LogP contribution is -2.30. The number of thioether (sulfide) groups is 1. The highest BCUT2D eigenvalue weighted by molar-refractivity contribution is 7.99. The van der Waals surface area contributed by atoms with Gasteiger partial charge in [-0.15, -0.1) is 5.10 Å². The van der Waals surface area contributed by atoms with E-state index in [1.165, 1.54) is 0 Å². The van der Waals surface area contributed by atoms with Crippen LogP contribution in [0.1, 0.15) is 0 Å². The number of hydrogen-bond donors (Lipinski definition) is 3. The van der Waals surface area contributed by atoms with Crippen LogP contribution in [0.2, 0.25) is 0 Å². The molecule has 0 unspecified atom stereocenters. The maximum atomic E-state index is 11.5. The predicted molar refractivity (Wildman–Crippen MR) is 71.6 cm³/mol. The molecule has 19 heavy (non-hydrogen) atoms. The van der Waals surface area contributed by atoms with Gasteiger partial charge in [0.15, 0.2) is 5.16 Å². The second-order valence-electron chi connectivity index (χ2n) is 3.47. The lowest BCUT2D eigenvalue weighted by molar-refractivity contribution is -0.118. The Morgan fingerprint density at radius 2 is 2.11 bits per heavy atom. The molecule has 7 nitrogen and oxygen atoms in total. The van der Waals surface area contributed by atoms with Gasteiger partial charge in [-0.1, -0.05) is 30.0 Å². The van der Waals surface area contributed by atoms with Crippen LogP contribution < -0.4 is 16.4 Å². The molecule has 0 aliphatic heterocycles. The number of carbonyl (C=O) groups excluding carboxylic acids is 1. The Bertz CT molecular complexity index is 601. The summed E-state index contributed by atoms with van der Waals surface area (Å²) in [6.45, 7) is 0. The molecule has 1 heterocycles. The Morgan fingerprint density at radius 1 is 1.32 bits per heavy atom. The summed E-state index contributed by atoms with van der Waals surface area (Å²) >= 11 is 1.10. The first kappa shape index (κ1) is 13.1. The number of hydrogen-bond acceptors (Lipinski definition) is 6. The summed E-state index contributed by atoms with van der Waals surface area (Å²) in [4.78, 5) is 25.0. The molecule has 0 saturated heterocycles. The number of nitrogens with one attached hydrogen (secondary N) is 3. The number of para-hydroxylation sites is 1. The maximum absolute atomic E-state index is 11.5. The van der Waals surface area contributed by atoms with Gasteiger partial charge in [-0.05, 0) is 12.1 Å². The van der Waals surface area contributed by atoms with Crippen molar-refractivity contribution in [2.75, 3.05) is 11.2 Å². The Morgan fingerprint density at radius 3 is 2.84 bits per heavy atom. The number of amides is 1. The SMILES string of the molecule is O=C(CSc1nncc(=O)[nH]1)NNc1ccccc1. The van der Waals surface area contributed by atoms with E-state index in [0.29, 0.717) is 5.16 Å². The fraction of sp³-hybridized carbons (Fsp3) is 0.0909. The highest BCUT2D eigenvalue weighted by Gasteiger charge is 2.04. The van der Waals surface area contributed by atoms with Gasteiger partial charge < -0.3 is 0 Å². The number of hydrazine groups is 1. The topological polar surface area (TPSA) is 99.8 Å². The number of H-pyrrole nitrogens is 1. The second-order valence-corrected chi connectivity index (χ2v) is 4.43. The molecule has 3 N–H and O–H groups in total. The quantitative estimate of drug-likeness (QED) is 0.540. The van der Waals surface area contributed by atoms with Crippen LogP contribution in [0.3, 0.4) is 0 Å². The van der Waals surface area contributed by atoms with Gasteiger partial charge in [0.2, 0.25) is 5.91 Å². The minimum Gasteiger partial charge on any atom is -0.299 e. The van der Waals surface area contributed by atoms with Gasteiger partial charge in [0, 0.05) is 0 Å². The maximum Gasteiger partial charge on any atom is 0.270 e. The predicted octanol–water partition coefficient (Wildman–Crippen LogP) is 0.400. The lowest BCUT2D eigenvalue weighted by atomic mass is 10.3. The highest BCUT2D eigenvalue weighted by atomic mass is 32.2. The smallest absolute Gasteiger partial charge is 0.270 e. The monoisotopic (exact) mass is 277 g/mol. The van der Waals surface area contributed by atoms with Crippen molar-refractivity contribution in [1.29, 1.82) is 0 Å². The van der Waals surface area contributed by atoms with E-state index in [9.17, 15) is 9.59 Å². The van der Waals surface area contributed by atoms with E-state index in [-0.39, 0.29) is 17.2 Å². The third-order valence-electron chi connectivity index (χ3n) is 2.01. The van der Waals surface area contributed by atoms with Crippen molar-refractivity contribution < 1.29 is 4.79 Å². The summed E-state index contributed by atoms with van der Waals surface area (Å²) < 4.78 is 0. The van der Waals surface area contributed by atoms with Crippen molar-refractivity contribution >= 4 is 23.4 Å². The normalized spacial score (nSPS) is 9.89. The molecular weight excluding hydrogens is 266 g/mol. The molecule has 0 aliphatic rings. The molecule has 0 atom stereocenters. The average Bonchev–Trinajstić information content (AvgIpc) is 2.44. The molecule has 1 amide bonds. The molecule has 0 aliphatic carbocycles. The zero-order valence-corrected chi connectivity index (χ0v) is 10.6. The summed E-state index contributed by atoms with van der Waals surface area (Å²) in [7, 11) is 0. The third-order valence-corrected chi connectivity index (χ3v) is 2.88. The van der Waals surface area contributed by atoms with Gasteiger partial charge >= 0.3 is 0 Å².